The topological polar surface area (TPSA) is 55.3 Å². The van der Waals surface area contributed by atoms with Gasteiger partial charge in [-0.05, 0) is 32.6 Å². The molecule has 1 atom stereocenters. The van der Waals surface area contributed by atoms with Gasteiger partial charge in [0.15, 0.2) is 0 Å². The molecule has 0 N–H and O–H groups in total. The minimum absolute atomic E-state index is 0.0250. The van der Waals surface area contributed by atoms with Gasteiger partial charge in [0.05, 0.1) is 12.5 Å². The number of carbonyl (C=O) groups is 1. The van der Waals surface area contributed by atoms with Crippen LogP contribution < -0.4 is 4.90 Å². The molecule has 108 valence electrons. The van der Waals surface area contributed by atoms with Gasteiger partial charge in [0.25, 0.3) is 0 Å². The lowest BCUT2D eigenvalue weighted by Crippen LogP contribution is -2.39. The lowest BCUT2D eigenvalue weighted by atomic mass is 9.98. The fourth-order valence-electron chi connectivity index (χ4n) is 2.77. The number of ether oxygens (including phenoxy) is 1. The summed E-state index contributed by atoms with van der Waals surface area (Å²) in [5.41, 5.74) is 1.15. The summed E-state index contributed by atoms with van der Waals surface area (Å²) in [6.45, 7) is 3.97. The molecule has 1 aromatic heterocycles. The van der Waals surface area contributed by atoms with Gasteiger partial charge in [0.2, 0.25) is 0 Å². The van der Waals surface area contributed by atoms with Crippen LogP contribution in [0.2, 0.25) is 0 Å². The molecule has 1 aliphatic heterocycles. The Kier molecular flexibility index (Phi) is 3.85. The number of hydrogen-bond donors (Lipinski definition) is 0. The van der Waals surface area contributed by atoms with Crippen molar-refractivity contribution < 1.29 is 9.53 Å². The molecule has 20 heavy (non-hydrogen) atoms. The van der Waals surface area contributed by atoms with Crippen LogP contribution in [0.4, 0.5) is 5.82 Å². The first-order chi connectivity index (χ1) is 9.78. The van der Waals surface area contributed by atoms with Crippen molar-refractivity contribution in [1.29, 1.82) is 0 Å². The molecule has 1 saturated heterocycles. The zero-order valence-electron chi connectivity index (χ0n) is 11.9. The highest BCUT2D eigenvalue weighted by Crippen LogP contribution is 2.39. The molecular weight excluding hydrogens is 254 g/mol. The average molecular weight is 275 g/mol. The predicted molar refractivity (Wildman–Crippen MR) is 75.6 cm³/mol. The molecule has 5 nitrogen and oxygen atoms in total. The lowest BCUT2D eigenvalue weighted by molar-refractivity contribution is -0.148. The van der Waals surface area contributed by atoms with Gasteiger partial charge in [-0.3, -0.25) is 4.79 Å². The Bertz CT molecular complexity index is 488. The van der Waals surface area contributed by atoms with Crippen molar-refractivity contribution in [2.75, 3.05) is 24.6 Å². The zero-order valence-corrected chi connectivity index (χ0v) is 11.9. The average Bonchev–Trinajstić information content (AvgIpc) is 3.32. The Morgan fingerprint density at radius 1 is 1.40 bits per heavy atom. The Balaban J connectivity index is 1.69. The van der Waals surface area contributed by atoms with E-state index in [0.717, 1.165) is 30.9 Å². The number of rotatable bonds is 4. The van der Waals surface area contributed by atoms with E-state index in [-0.39, 0.29) is 11.9 Å². The summed E-state index contributed by atoms with van der Waals surface area (Å²) in [5.74, 6) is 1.48. The van der Waals surface area contributed by atoms with E-state index >= 15 is 0 Å². The van der Waals surface area contributed by atoms with E-state index in [9.17, 15) is 4.79 Å². The quantitative estimate of drug-likeness (QED) is 0.788. The van der Waals surface area contributed by atoms with Crippen LogP contribution in [0.25, 0.3) is 0 Å². The standard InChI is InChI=1S/C15H21N3O2/c1-2-20-15(19)12-4-3-7-18(9-12)14-8-13(11-5-6-11)16-10-17-14/h8,10-12H,2-7,9H2,1H3. The van der Waals surface area contributed by atoms with Gasteiger partial charge in [0, 0.05) is 30.8 Å². The monoisotopic (exact) mass is 275 g/mol. The molecule has 3 rings (SSSR count). The highest BCUT2D eigenvalue weighted by Gasteiger charge is 2.29. The Morgan fingerprint density at radius 2 is 2.25 bits per heavy atom. The molecule has 1 aliphatic carbocycles. The van der Waals surface area contributed by atoms with Crippen molar-refractivity contribution in [2.24, 2.45) is 5.92 Å². The number of hydrogen-bond acceptors (Lipinski definition) is 5. The third-order valence-electron chi connectivity index (χ3n) is 4.03. The van der Waals surface area contributed by atoms with Gasteiger partial charge in [-0.15, -0.1) is 0 Å². The van der Waals surface area contributed by atoms with Gasteiger partial charge < -0.3 is 9.64 Å². The summed E-state index contributed by atoms with van der Waals surface area (Å²) in [5, 5.41) is 0. The molecule has 0 amide bonds. The number of piperidine rings is 1. The maximum absolute atomic E-state index is 11.9. The smallest absolute Gasteiger partial charge is 0.310 e. The van der Waals surface area contributed by atoms with E-state index in [1.54, 1.807) is 6.33 Å². The summed E-state index contributed by atoms with van der Waals surface area (Å²) >= 11 is 0. The summed E-state index contributed by atoms with van der Waals surface area (Å²) in [6.07, 6.45) is 6.04. The fraction of sp³-hybridized carbons (Fsp3) is 0.667. The SMILES string of the molecule is CCOC(=O)C1CCCN(c2cc(C3CC3)ncn2)C1. The molecule has 1 aromatic rings. The highest BCUT2D eigenvalue weighted by atomic mass is 16.5. The van der Waals surface area contributed by atoms with Crippen molar-refractivity contribution in [3.63, 3.8) is 0 Å². The van der Waals surface area contributed by atoms with Gasteiger partial charge in [-0.25, -0.2) is 9.97 Å². The third-order valence-corrected chi connectivity index (χ3v) is 4.03. The van der Waals surface area contributed by atoms with Gasteiger partial charge >= 0.3 is 5.97 Å². The van der Waals surface area contributed by atoms with Crippen LogP contribution in [0.15, 0.2) is 12.4 Å². The van der Waals surface area contributed by atoms with Crippen LogP contribution >= 0.6 is 0 Å². The van der Waals surface area contributed by atoms with Crippen molar-refractivity contribution in [2.45, 2.75) is 38.5 Å². The Hall–Kier alpha value is -1.65. The molecule has 2 aliphatic rings. The van der Waals surface area contributed by atoms with Crippen LogP contribution in [-0.4, -0.2) is 35.6 Å². The van der Waals surface area contributed by atoms with Crippen molar-refractivity contribution in [1.82, 2.24) is 9.97 Å². The second-order valence-corrected chi connectivity index (χ2v) is 5.61. The molecule has 2 heterocycles. The van der Waals surface area contributed by atoms with Crippen LogP contribution in [0.3, 0.4) is 0 Å². The molecule has 5 heteroatoms. The van der Waals surface area contributed by atoms with Gasteiger partial charge in [0.1, 0.15) is 12.1 Å². The van der Waals surface area contributed by atoms with E-state index < -0.39 is 0 Å². The van der Waals surface area contributed by atoms with E-state index in [0.29, 0.717) is 19.1 Å². The van der Waals surface area contributed by atoms with Crippen molar-refractivity contribution in [3.8, 4) is 0 Å². The number of anilines is 1. The normalized spacial score (nSPS) is 22.6. The zero-order chi connectivity index (χ0) is 13.9. The first kappa shape index (κ1) is 13.3. The minimum atomic E-state index is -0.0753. The summed E-state index contributed by atoms with van der Waals surface area (Å²) < 4.78 is 5.14. The van der Waals surface area contributed by atoms with E-state index in [1.165, 1.54) is 12.8 Å². The number of carbonyl (C=O) groups excluding carboxylic acids is 1. The predicted octanol–water partition coefficient (Wildman–Crippen LogP) is 2.13. The molecule has 0 spiro atoms. The minimum Gasteiger partial charge on any atom is -0.466 e. The van der Waals surface area contributed by atoms with E-state index in [4.69, 9.17) is 4.74 Å². The number of esters is 1. The number of aromatic nitrogens is 2. The molecular formula is C15H21N3O2. The van der Waals surface area contributed by atoms with E-state index in [2.05, 4.69) is 20.9 Å². The summed E-state index contributed by atoms with van der Waals surface area (Å²) in [6, 6.07) is 2.09. The van der Waals surface area contributed by atoms with Crippen LogP contribution in [0, 0.1) is 5.92 Å². The van der Waals surface area contributed by atoms with E-state index in [1.807, 2.05) is 6.92 Å². The van der Waals surface area contributed by atoms with Crippen LogP contribution in [-0.2, 0) is 9.53 Å². The largest absolute Gasteiger partial charge is 0.466 e. The number of nitrogens with zero attached hydrogens (tertiary/aromatic N) is 3. The second kappa shape index (κ2) is 5.77. The van der Waals surface area contributed by atoms with Gasteiger partial charge in [-0.1, -0.05) is 0 Å². The maximum Gasteiger partial charge on any atom is 0.310 e. The molecule has 0 aromatic carbocycles. The first-order valence-electron chi connectivity index (χ1n) is 7.51. The molecule has 1 saturated carbocycles. The van der Waals surface area contributed by atoms with Crippen LogP contribution in [0.1, 0.15) is 44.2 Å². The Morgan fingerprint density at radius 3 is 3.00 bits per heavy atom. The summed E-state index contributed by atoms with van der Waals surface area (Å²) in [4.78, 5) is 22.8. The fourth-order valence-corrected chi connectivity index (χ4v) is 2.77. The summed E-state index contributed by atoms with van der Waals surface area (Å²) in [7, 11) is 0. The van der Waals surface area contributed by atoms with Gasteiger partial charge in [-0.2, -0.15) is 0 Å². The van der Waals surface area contributed by atoms with Crippen molar-refractivity contribution >= 4 is 11.8 Å². The highest BCUT2D eigenvalue weighted by molar-refractivity contribution is 5.73. The molecule has 2 fully saturated rings. The second-order valence-electron chi connectivity index (χ2n) is 5.61. The van der Waals surface area contributed by atoms with Crippen molar-refractivity contribution in [3.05, 3.63) is 18.1 Å². The third kappa shape index (κ3) is 2.92. The Labute approximate surface area is 119 Å². The maximum atomic E-state index is 11.9. The molecule has 1 unspecified atom stereocenters. The first-order valence-corrected chi connectivity index (χ1v) is 7.51. The molecule has 0 radical (unpaired) electrons. The van der Waals surface area contributed by atoms with Crippen LogP contribution in [0.5, 0.6) is 0 Å². The molecule has 0 bridgehead atoms. The lowest BCUT2D eigenvalue weighted by Gasteiger charge is -2.32.